The summed E-state index contributed by atoms with van der Waals surface area (Å²) < 4.78 is 13.7. The van der Waals surface area contributed by atoms with Gasteiger partial charge in [0.15, 0.2) is 0 Å². The van der Waals surface area contributed by atoms with Crippen LogP contribution in [0.3, 0.4) is 0 Å². The predicted octanol–water partition coefficient (Wildman–Crippen LogP) is 4.87. The third-order valence-electron chi connectivity index (χ3n) is 4.38. The third kappa shape index (κ3) is 4.06. The van der Waals surface area contributed by atoms with Crippen LogP contribution in [-0.2, 0) is 6.42 Å². The highest BCUT2D eigenvalue weighted by molar-refractivity contribution is 5.91. The molecular formula is C22H20FN5. The Hall–Kier alpha value is -3.54. The summed E-state index contributed by atoms with van der Waals surface area (Å²) in [6.45, 7) is 2.45. The fourth-order valence-corrected chi connectivity index (χ4v) is 3.06. The van der Waals surface area contributed by atoms with E-state index in [2.05, 4.69) is 25.6 Å². The molecule has 0 amide bonds. The molecule has 0 radical (unpaired) electrons. The number of hydrogen-bond acceptors (Lipinski definition) is 5. The molecule has 2 heterocycles. The van der Waals surface area contributed by atoms with Crippen molar-refractivity contribution in [1.82, 2.24) is 15.0 Å². The molecular weight excluding hydrogens is 353 g/mol. The number of nitrogens with one attached hydrogen (secondary N) is 2. The Morgan fingerprint density at radius 2 is 1.82 bits per heavy atom. The number of halogens is 1. The summed E-state index contributed by atoms with van der Waals surface area (Å²) in [7, 11) is 0. The van der Waals surface area contributed by atoms with Crippen LogP contribution in [-0.4, -0.2) is 21.5 Å². The van der Waals surface area contributed by atoms with Crippen LogP contribution in [0.15, 0.2) is 66.9 Å². The molecule has 28 heavy (non-hydrogen) atoms. The molecule has 0 bridgehead atoms. The summed E-state index contributed by atoms with van der Waals surface area (Å²) >= 11 is 0. The van der Waals surface area contributed by atoms with Crippen LogP contribution in [0.25, 0.3) is 10.9 Å². The molecule has 4 rings (SSSR count). The second-order valence-electron chi connectivity index (χ2n) is 6.49. The van der Waals surface area contributed by atoms with E-state index in [9.17, 15) is 4.39 Å². The average Bonchev–Trinajstić information content (AvgIpc) is 2.69. The smallest absolute Gasteiger partial charge is 0.224 e. The Labute approximate surface area is 162 Å². The van der Waals surface area contributed by atoms with Gasteiger partial charge in [0, 0.05) is 29.9 Å². The molecule has 2 aromatic heterocycles. The second kappa shape index (κ2) is 8.00. The van der Waals surface area contributed by atoms with Gasteiger partial charge in [-0.15, -0.1) is 0 Å². The number of pyridine rings is 1. The van der Waals surface area contributed by atoms with Gasteiger partial charge in [0.2, 0.25) is 5.95 Å². The first kappa shape index (κ1) is 17.9. The van der Waals surface area contributed by atoms with Gasteiger partial charge < -0.3 is 10.6 Å². The minimum Gasteiger partial charge on any atom is -0.354 e. The van der Waals surface area contributed by atoms with E-state index in [-0.39, 0.29) is 5.82 Å². The second-order valence-corrected chi connectivity index (χ2v) is 6.49. The molecule has 5 nitrogen and oxygen atoms in total. The van der Waals surface area contributed by atoms with Gasteiger partial charge in [-0.25, -0.2) is 9.37 Å². The number of nitrogens with zero attached hydrogens (tertiary/aromatic N) is 3. The third-order valence-corrected chi connectivity index (χ3v) is 4.38. The lowest BCUT2D eigenvalue weighted by atomic mass is 10.1. The van der Waals surface area contributed by atoms with Crippen molar-refractivity contribution in [1.29, 1.82) is 0 Å². The molecule has 4 aromatic rings. The van der Waals surface area contributed by atoms with E-state index in [0.717, 1.165) is 22.3 Å². The van der Waals surface area contributed by atoms with Gasteiger partial charge in [0.25, 0.3) is 0 Å². The zero-order valence-corrected chi connectivity index (χ0v) is 15.5. The van der Waals surface area contributed by atoms with E-state index in [1.54, 1.807) is 18.3 Å². The van der Waals surface area contributed by atoms with Crippen LogP contribution >= 0.6 is 0 Å². The number of fused-ring (bicyclic) bond motifs is 1. The van der Waals surface area contributed by atoms with Gasteiger partial charge >= 0.3 is 0 Å². The monoisotopic (exact) mass is 373 g/mol. The molecule has 0 spiro atoms. The summed E-state index contributed by atoms with van der Waals surface area (Å²) in [6, 6.07) is 18.6. The minimum atomic E-state index is -0.194. The molecule has 140 valence electrons. The van der Waals surface area contributed by atoms with E-state index < -0.39 is 0 Å². The van der Waals surface area contributed by atoms with Crippen LogP contribution in [0.4, 0.5) is 21.8 Å². The van der Waals surface area contributed by atoms with Gasteiger partial charge in [-0.2, -0.15) is 4.98 Å². The Kier molecular flexibility index (Phi) is 5.10. The quantitative estimate of drug-likeness (QED) is 0.505. The maximum atomic E-state index is 13.7. The van der Waals surface area contributed by atoms with Crippen molar-refractivity contribution in [3.8, 4) is 0 Å². The van der Waals surface area contributed by atoms with Gasteiger partial charge in [0.1, 0.15) is 11.6 Å². The van der Waals surface area contributed by atoms with Gasteiger partial charge in [-0.1, -0.05) is 36.4 Å². The molecule has 0 aliphatic heterocycles. The molecule has 0 atom stereocenters. The highest BCUT2D eigenvalue weighted by atomic mass is 19.1. The van der Waals surface area contributed by atoms with Crippen LogP contribution in [0.2, 0.25) is 0 Å². The normalized spacial score (nSPS) is 10.8. The SMILES string of the molecule is Cc1cc(Nc2cccc3cccnc23)nc(NCCc2ccccc2F)n1. The molecule has 2 N–H and O–H groups in total. The molecule has 0 aliphatic carbocycles. The zero-order valence-electron chi connectivity index (χ0n) is 15.5. The molecule has 0 aliphatic rings. The van der Waals surface area contributed by atoms with Crippen molar-refractivity contribution in [2.24, 2.45) is 0 Å². The number of anilines is 3. The van der Waals surface area contributed by atoms with Crippen molar-refractivity contribution in [3.05, 3.63) is 83.9 Å². The fourth-order valence-electron chi connectivity index (χ4n) is 3.06. The van der Waals surface area contributed by atoms with Crippen LogP contribution < -0.4 is 10.6 Å². The van der Waals surface area contributed by atoms with E-state index >= 15 is 0 Å². The van der Waals surface area contributed by atoms with Crippen molar-refractivity contribution in [3.63, 3.8) is 0 Å². The number of rotatable bonds is 6. The lowest BCUT2D eigenvalue weighted by molar-refractivity contribution is 0.610. The Bertz CT molecular complexity index is 1110. The van der Waals surface area contributed by atoms with Crippen molar-refractivity contribution >= 4 is 28.4 Å². The predicted molar refractivity (Wildman–Crippen MR) is 110 cm³/mol. The van der Waals surface area contributed by atoms with Crippen molar-refractivity contribution < 1.29 is 4.39 Å². The number of para-hydroxylation sites is 1. The lowest BCUT2D eigenvalue weighted by Gasteiger charge is -2.11. The number of aromatic nitrogens is 3. The van der Waals surface area contributed by atoms with E-state index in [4.69, 9.17) is 0 Å². The van der Waals surface area contributed by atoms with Crippen molar-refractivity contribution in [2.45, 2.75) is 13.3 Å². The lowest BCUT2D eigenvalue weighted by Crippen LogP contribution is -2.10. The molecule has 6 heteroatoms. The van der Waals surface area contributed by atoms with E-state index in [1.165, 1.54) is 6.07 Å². The standard InChI is InChI=1S/C22H20FN5/c1-15-14-20(27-19-10-4-7-17-8-5-12-24-21(17)19)28-22(26-15)25-13-11-16-6-2-3-9-18(16)23/h2-10,12,14H,11,13H2,1H3,(H2,25,26,27,28). The first-order valence-electron chi connectivity index (χ1n) is 9.13. The molecule has 0 saturated carbocycles. The van der Waals surface area contributed by atoms with Gasteiger partial charge in [-0.3, -0.25) is 4.98 Å². The van der Waals surface area contributed by atoms with Crippen LogP contribution in [0.5, 0.6) is 0 Å². The van der Waals surface area contributed by atoms with Gasteiger partial charge in [-0.05, 0) is 37.1 Å². The maximum absolute atomic E-state index is 13.7. The largest absolute Gasteiger partial charge is 0.354 e. The first-order chi connectivity index (χ1) is 13.7. The molecule has 0 saturated heterocycles. The van der Waals surface area contributed by atoms with E-state index in [0.29, 0.717) is 30.3 Å². The zero-order chi connectivity index (χ0) is 19.3. The number of hydrogen-bond donors (Lipinski definition) is 2. The number of aryl methyl sites for hydroxylation is 1. The summed E-state index contributed by atoms with van der Waals surface area (Å²) in [5, 5.41) is 7.57. The summed E-state index contributed by atoms with van der Waals surface area (Å²) in [5.41, 5.74) is 3.27. The summed E-state index contributed by atoms with van der Waals surface area (Å²) in [5.74, 6) is 0.992. The Morgan fingerprint density at radius 1 is 0.964 bits per heavy atom. The summed E-state index contributed by atoms with van der Waals surface area (Å²) in [4.78, 5) is 13.4. The van der Waals surface area contributed by atoms with Crippen molar-refractivity contribution in [2.75, 3.05) is 17.2 Å². The highest BCUT2D eigenvalue weighted by Gasteiger charge is 2.07. The number of benzene rings is 2. The average molecular weight is 373 g/mol. The topological polar surface area (TPSA) is 62.7 Å². The molecule has 0 fully saturated rings. The fraction of sp³-hybridized carbons (Fsp3) is 0.136. The summed E-state index contributed by atoms with van der Waals surface area (Å²) in [6.07, 6.45) is 2.33. The molecule has 2 aromatic carbocycles. The molecule has 0 unspecified atom stereocenters. The maximum Gasteiger partial charge on any atom is 0.224 e. The Balaban J connectivity index is 1.50. The van der Waals surface area contributed by atoms with Crippen LogP contribution in [0.1, 0.15) is 11.3 Å². The highest BCUT2D eigenvalue weighted by Crippen LogP contribution is 2.24. The van der Waals surface area contributed by atoms with Crippen LogP contribution in [0, 0.1) is 12.7 Å². The Morgan fingerprint density at radius 3 is 2.71 bits per heavy atom. The first-order valence-corrected chi connectivity index (χ1v) is 9.13. The van der Waals surface area contributed by atoms with Gasteiger partial charge in [0.05, 0.1) is 11.2 Å². The minimum absolute atomic E-state index is 0.194. The van der Waals surface area contributed by atoms with E-state index in [1.807, 2.05) is 49.4 Å².